The van der Waals surface area contributed by atoms with E-state index in [9.17, 15) is 0 Å². The quantitative estimate of drug-likeness (QED) is 0.200. The number of fused-ring (bicyclic) bond motifs is 9. The molecule has 45 heavy (non-hydrogen) atoms. The Bertz CT molecular complexity index is 2710. The molecule has 0 atom stereocenters. The summed E-state index contributed by atoms with van der Waals surface area (Å²) in [6.07, 6.45) is 0. The number of furan rings is 1. The van der Waals surface area contributed by atoms with Crippen molar-refractivity contribution in [3.63, 3.8) is 0 Å². The van der Waals surface area contributed by atoms with Crippen LogP contribution < -0.4 is 0 Å². The lowest BCUT2D eigenvalue weighted by Crippen LogP contribution is -1.93. The number of para-hydroxylation sites is 4. The van der Waals surface area contributed by atoms with Gasteiger partial charge in [0.25, 0.3) is 0 Å². The predicted octanol–water partition coefficient (Wildman–Crippen LogP) is 12.4. The van der Waals surface area contributed by atoms with Crippen molar-refractivity contribution in [2.24, 2.45) is 0 Å². The van der Waals surface area contributed by atoms with Gasteiger partial charge in [0.1, 0.15) is 11.2 Å². The second kappa shape index (κ2) is 9.43. The SMILES string of the molecule is c1ccc(-c2cc(-c3cccc4c3oc3ccccc34)cc3c2sc2c(-n4c5ccccc5c5ccccc54)cccc23)cc1. The third-order valence-corrected chi connectivity index (χ3v) is 10.5. The molecule has 0 unspecified atom stereocenters. The van der Waals surface area contributed by atoms with Crippen LogP contribution in [-0.4, -0.2) is 4.57 Å². The smallest absolute Gasteiger partial charge is 0.143 e. The molecule has 0 bridgehead atoms. The molecule has 0 N–H and O–H groups in total. The highest BCUT2D eigenvalue weighted by molar-refractivity contribution is 7.26. The summed E-state index contributed by atoms with van der Waals surface area (Å²) in [5, 5.41) is 7.38. The van der Waals surface area contributed by atoms with E-state index in [0.29, 0.717) is 0 Å². The Morgan fingerprint density at radius 3 is 1.87 bits per heavy atom. The van der Waals surface area contributed by atoms with Crippen molar-refractivity contribution in [3.05, 3.63) is 152 Å². The van der Waals surface area contributed by atoms with Crippen LogP contribution in [0.1, 0.15) is 0 Å². The van der Waals surface area contributed by atoms with E-state index in [-0.39, 0.29) is 0 Å². The molecule has 2 nitrogen and oxygen atoms in total. The molecule has 0 aliphatic carbocycles. The summed E-state index contributed by atoms with van der Waals surface area (Å²) in [6, 6.07) is 54.6. The maximum Gasteiger partial charge on any atom is 0.143 e. The van der Waals surface area contributed by atoms with E-state index in [1.807, 2.05) is 17.4 Å². The molecule has 0 amide bonds. The average molecular weight is 592 g/mol. The average Bonchev–Trinajstić information content (AvgIpc) is 3.78. The van der Waals surface area contributed by atoms with Gasteiger partial charge in [0.15, 0.2) is 0 Å². The maximum atomic E-state index is 6.51. The van der Waals surface area contributed by atoms with Crippen molar-refractivity contribution in [1.29, 1.82) is 0 Å². The van der Waals surface area contributed by atoms with Gasteiger partial charge < -0.3 is 8.98 Å². The Morgan fingerprint density at radius 1 is 0.422 bits per heavy atom. The number of rotatable bonds is 3. The van der Waals surface area contributed by atoms with Crippen molar-refractivity contribution in [1.82, 2.24) is 4.57 Å². The van der Waals surface area contributed by atoms with E-state index in [1.165, 1.54) is 58.8 Å². The molecule has 0 fully saturated rings. The topological polar surface area (TPSA) is 18.1 Å². The van der Waals surface area contributed by atoms with Gasteiger partial charge in [-0.3, -0.25) is 0 Å². The Labute approximate surface area is 263 Å². The van der Waals surface area contributed by atoms with Crippen LogP contribution in [0.5, 0.6) is 0 Å². The molecular formula is C42H25NOS. The first-order valence-corrected chi connectivity index (χ1v) is 16.1. The first-order chi connectivity index (χ1) is 22.3. The Hall–Kier alpha value is -5.64. The van der Waals surface area contributed by atoms with Gasteiger partial charge >= 0.3 is 0 Å². The van der Waals surface area contributed by atoms with Gasteiger partial charge in [-0.05, 0) is 47.5 Å². The van der Waals surface area contributed by atoms with E-state index < -0.39 is 0 Å². The fourth-order valence-electron chi connectivity index (χ4n) is 7.21. The largest absolute Gasteiger partial charge is 0.455 e. The fraction of sp³-hybridized carbons (Fsp3) is 0. The molecule has 7 aromatic carbocycles. The summed E-state index contributed by atoms with van der Waals surface area (Å²) >= 11 is 1.89. The lowest BCUT2D eigenvalue weighted by atomic mass is 9.95. The lowest BCUT2D eigenvalue weighted by molar-refractivity contribution is 0.670. The molecular weight excluding hydrogens is 567 g/mol. The van der Waals surface area contributed by atoms with Gasteiger partial charge in [0.05, 0.1) is 21.4 Å². The number of hydrogen-bond donors (Lipinski definition) is 0. The monoisotopic (exact) mass is 591 g/mol. The summed E-state index contributed by atoms with van der Waals surface area (Å²) in [5.41, 5.74) is 10.2. The minimum Gasteiger partial charge on any atom is -0.455 e. The summed E-state index contributed by atoms with van der Waals surface area (Å²) in [5.74, 6) is 0. The zero-order chi connectivity index (χ0) is 29.5. The molecule has 0 saturated heterocycles. The van der Waals surface area contributed by atoms with Crippen molar-refractivity contribution in [2.45, 2.75) is 0 Å². The molecule has 3 aromatic heterocycles. The molecule has 0 aliphatic rings. The highest BCUT2D eigenvalue weighted by Crippen LogP contribution is 2.47. The van der Waals surface area contributed by atoms with Gasteiger partial charge in [-0.1, -0.05) is 115 Å². The van der Waals surface area contributed by atoms with E-state index >= 15 is 0 Å². The predicted molar refractivity (Wildman–Crippen MR) is 192 cm³/mol. The van der Waals surface area contributed by atoms with Crippen LogP contribution in [0.3, 0.4) is 0 Å². The van der Waals surface area contributed by atoms with Crippen molar-refractivity contribution in [3.8, 4) is 27.9 Å². The number of nitrogens with zero attached hydrogens (tertiary/aromatic N) is 1. The molecule has 0 saturated carbocycles. The van der Waals surface area contributed by atoms with Crippen LogP contribution >= 0.6 is 11.3 Å². The third kappa shape index (κ3) is 3.56. The van der Waals surface area contributed by atoms with Crippen LogP contribution in [0.15, 0.2) is 156 Å². The summed E-state index contributed by atoms with van der Waals surface area (Å²) in [6.45, 7) is 0. The van der Waals surface area contributed by atoms with E-state index in [1.54, 1.807) is 0 Å². The van der Waals surface area contributed by atoms with Crippen molar-refractivity contribution >= 4 is 75.3 Å². The normalized spacial score (nSPS) is 12.0. The van der Waals surface area contributed by atoms with Crippen molar-refractivity contribution < 1.29 is 4.42 Å². The van der Waals surface area contributed by atoms with Crippen LogP contribution in [-0.2, 0) is 0 Å². The number of thiophene rings is 1. The second-order valence-corrected chi connectivity index (χ2v) is 12.7. The lowest BCUT2D eigenvalue weighted by Gasteiger charge is -2.10. The molecule has 10 rings (SSSR count). The Kier molecular flexibility index (Phi) is 5.19. The third-order valence-electron chi connectivity index (χ3n) is 9.20. The van der Waals surface area contributed by atoms with Crippen molar-refractivity contribution in [2.75, 3.05) is 0 Å². The van der Waals surface area contributed by atoms with Gasteiger partial charge in [-0.15, -0.1) is 11.3 Å². The van der Waals surface area contributed by atoms with E-state index in [2.05, 4.69) is 150 Å². The molecule has 3 heterocycles. The van der Waals surface area contributed by atoms with E-state index in [0.717, 1.165) is 33.1 Å². The highest BCUT2D eigenvalue weighted by atomic mass is 32.1. The first kappa shape index (κ1) is 24.8. The van der Waals surface area contributed by atoms with Gasteiger partial charge in [0.2, 0.25) is 0 Å². The van der Waals surface area contributed by atoms with Crippen LogP contribution in [0, 0.1) is 0 Å². The Morgan fingerprint density at radius 2 is 1.07 bits per heavy atom. The van der Waals surface area contributed by atoms with Crippen LogP contribution in [0.25, 0.3) is 91.9 Å². The minimum absolute atomic E-state index is 0.918. The summed E-state index contributed by atoms with van der Waals surface area (Å²) in [4.78, 5) is 0. The Balaban J connectivity index is 1.31. The molecule has 3 heteroatoms. The number of hydrogen-bond acceptors (Lipinski definition) is 2. The van der Waals surface area contributed by atoms with Crippen LogP contribution in [0.2, 0.25) is 0 Å². The molecule has 10 aromatic rings. The molecule has 0 aliphatic heterocycles. The second-order valence-electron chi connectivity index (χ2n) is 11.7. The number of benzene rings is 7. The fourth-order valence-corrected chi connectivity index (χ4v) is 8.53. The zero-order valence-electron chi connectivity index (χ0n) is 24.2. The summed E-state index contributed by atoms with van der Waals surface area (Å²) in [7, 11) is 0. The highest BCUT2D eigenvalue weighted by Gasteiger charge is 2.20. The van der Waals surface area contributed by atoms with Gasteiger partial charge in [0, 0.05) is 48.1 Å². The molecule has 0 spiro atoms. The van der Waals surface area contributed by atoms with Crippen LogP contribution in [0.4, 0.5) is 0 Å². The van der Waals surface area contributed by atoms with Gasteiger partial charge in [-0.25, -0.2) is 0 Å². The molecule has 210 valence electrons. The zero-order valence-corrected chi connectivity index (χ0v) is 25.0. The standard InChI is InChI=1S/C42H25NOS/c1-2-12-26(13-3-1)34-24-27(28-17-10-18-32-31-16-6-9-23-39(31)44-40(28)32)25-35-33-19-11-22-38(42(33)45-41(34)35)43-36-20-7-4-14-29(36)30-15-5-8-21-37(30)43/h1-25H. The number of aromatic nitrogens is 1. The minimum atomic E-state index is 0.918. The summed E-state index contributed by atoms with van der Waals surface area (Å²) < 4.78 is 11.5. The first-order valence-electron chi connectivity index (χ1n) is 15.3. The maximum absolute atomic E-state index is 6.51. The van der Waals surface area contributed by atoms with E-state index in [4.69, 9.17) is 4.42 Å². The molecule has 0 radical (unpaired) electrons. The van der Waals surface area contributed by atoms with Gasteiger partial charge in [-0.2, -0.15) is 0 Å².